The summed E-state index contributed by atoms with van der Waals surface area (Å²) in [4.78, 5) is 23.0. The third kappa shape index (κ3) is 5.94. The number of benzene rings is 2. The molecule has 8 heteroatoms. The van der Waals surface area contributed by atoms with Crippen LogP contribution in [-0.2, 0) is 26.2 Å². The van der Waals surface area contributed by atoms with Crippen LogP contribution in [0.3, 0.4) is 0 Å². The van der Waals surface area contributed by atoms with Gasteiger partial charge in [0.05, 0.1) is 11.3 Å². The van der Waals surface area contributed by atoms with Gasteiger partial charge in [0.1, 0.15) is 6.61 Å². The SMILES string of the molecule is CC(=O)c1cccc(S(=O)(=O)NCCC(=O)OCc2ccc(Cl)cc2)c1. The zero-order valence-electron chi connectivity index (χ0n) is 14.1. The van der Waals surface area contributed by atoms with Gasteiger partial charge in [0.2, 0.25) is 10.0 Å². The number of ether oxygens (including phenoxy) is 1. The Morgan fingerprint density at radius 1 is 1.12 bits per heavy atom. The molecule has 138 valence electrons. The molecule has 0 saturated carbocycles. The highest BCUT2D eigenvalue weighted by molar-refractivity contribution is 7.89. The quantitative estimate of drug-likeness (QED) is 0.548. The molecule has 2 rings (SSSR count). The third-order valence-corrected chi connectivity index (χ3v) is 5.20. The monoisotopic (exact) mass is 395 g/mol. The molecule has 0 radical (unpaired) electrons. The summed E-state index contributed by atoms with van der Waals surface area (Å²) in [7, 11) is -3.81. The molecule has 26 heavy (non-hydrogen) atoms. The van der Waals surface area contributed by atoms with Crippen molar-refractivity contribution in [3.8, 4) is 0 Å². The topological polar surface area (TPSA) is 89.5 Å². The zero-order valence-corrected chi connectivity index (χ0v) is 15.6. The lowest BCUT2D eigenvalue weighted by Crippen LogP contribution is -2.27. The second-order valence-electron chi connectivity index (χ2n) is 5.52. The molecule has 0 bridgehead atoms. The number of hydrogen-bond donors (Lipinski definition) is 1. The van der Waals surface area contributed by atoms with E-state index < -0.39 is 16.0 Å². The van der Waals surface area contributed by atoms with E-state index in [0.29, 0.717) is 10.6 Å². The molecule has 0 amide bonds. The predicted molar refractivity (Wildman–Crippen MR) is 97.5 cm³/mol. The summed E-state index contributed by atoms with van der Waals surface area (Å²) in [5.41, 5.74) is 1.08. The third-order valence-electron chi connectivity index (χ3n) is 3.49. The first-order valence-electron chi connectivity index (χ1n) is 7.79. The van der Waals surface area contributed by atoms with E-state index in [-0.39, 0.29) is 30.3 Å². The van der Waals surface area contributed by atoms with Gasteiger partial charge in [-0.15, -0.1) is 0 Å². The molecule has 0 aliphatic rings. The van der Waals surface area contributed by atoms with Gasteiger partial charge in [0.15, 0.2) is 5.78 Å². The van der Waals surface area contributed by atoms with E-state index in [0.717, 1.165) is 5.56 Å². The Balaban J connectivity index is 1.84. The second-order valence-corrected chi connectivity index (χ2v) is 7.72. The van der Waals surface area contributed by atoms with Crippen molar-refractivity contribution in [1.29, 1.82) is 0 Å². The summed E-state index contributed by atoms with van der Waals surface area (Å²) in [5.74, 6) is -0.757. The van der Waals surface area contributed by atoms with Crippen LogP contribution in [0.4, 0.5) is 0 Å². The number of carbonyl (C=O) groups is 2. The fourth-order valence-corrected chi connectivity index (χ4v) is 3.27. The van der Waals surface area contributed by atoms with Gasteiger partial charge >= 0.3 is 5.97 Å². The molecule has 0 aliphatic heterocycles. The van der Waals surface area contributed by atoms with E-state index in [4.69, 9.17) is 16.3 Å². The summed E-state index contributed by atoms with van der Waals surface area (Å²) < 4.78 is 31.8. The Bertz CT molecular complexity index is 894. The van der Waals surface area contributed by atoms with Crippen molar-refractivity contribution in [2.24, 2.45) is 0 Å². The molecule has 0 spiro atoms. The van der Waals surface area contributed by atoms with Gasteiger partial charge in [-0.1, -0.05) is 35.9 Å². The van der Waals surface area contributed by atoms with Gasteiger partial charge in [-0.05, 0) is 36.8 Å². The van der Waals surface area contributed by atoms with Crippen LogP contribution in [0.5, 0.6) is 0 Å². The molecular formula is C18H18ClNO5S. The lowest BCUT2D eigenvalue weighted by atomic mass is 10.2. The number of halogens is 1. The van der Waals surface area contributed by atoms with Gasteiger partial charge in [0, 0.05) is 17.1 Å². The summed E-state index contributed by atoms with van der Waals surface area (Å²) in [6.45, 7) is 1.34. The summed E-state index contributed by atoms with van der Waals surface area (Å²) in [5, 5.41) is 0.586. The van der Waals surface area contributed by atoms with E-state index in [1.165, 1.54) is 31.2 Å². The van der Waals surface area contributed by atoms with Crippen molar-refractivity contribution in [1.82, 2.24) is 4.72 Å². The number of Topliss-reactive ketones (excluding diaryl/α,β-unsaturated/α-hetero) is 1. The van der Waals surface area contributed by atoms with Crippen LogP contribution in [-0.4, -0.2) is 26.7 Å². The Labute approximate surface area is 157 Å². The number of carbonyl (C=O) groups excluding carboxylic acids is 2. The summed E-state index contributed by atoms with van der Waals surface area (Å²) in [6.07, 6.45) is -0.112. The zero-order chi connectivity index (χ0) is 19.2. The van der Waals surface area contributed by atoms with E-state index in [2.05, 4.69) is 4.72 Å². The molecule has 0 fully saturated rings. The predicted octanol–water partition coefficient (Wildman–Crippen LogP) is 2.95. The van der Waals surface area contributed by atoms with E-state index in [9.17, 15) is 18.0 Å². The van der Waals surface area contributed by atoms with Crippen LogP contribution in [0.2, 0.25) is 5.02 Å². The van der Waals surface area contributed by atoms with Crippen molar-refractivity contribution in [2.45, 2.75) is 24.8 Å². The van der Waals surface area contributed by atoms with Crippen molar-refractivity contribution in [3.05, 3.63) is 64.7 Å². The van der Waals surface area contributed by atoms with Crippen LogP contribution < -0.4 is 4.72 Å². The van der Waals surface area contributed by atoms with Crippen LogP contribution in [0.25, 0.3) is 0 Å². The van der Waals surface area contributed by atoms with Gasteiger partial charge < -0.3 is 4.74 Å². The molecule has 2 aromatic rings. The highest BCUT2D eigenvalue weighted by Gasteiger charge is 2.16. The highest BCUT2D eigenvalue weighted by atomic mass is 35.5. The first kappa shape index (κ1) is 20.1. The molecule has 0 atom stereocenters. The average molecular weight is 396 g/mol. The molecule has 0 saturated heterocycles. The molecule has 0 aromatic heterocycles. The van der Waals surface area contributed by atoms with Gasteiger partial charge in [-0.3, -0.25) is 9.59 Å². The molecule has 0 heterocycles. The van der Waals surface area contributed by atoms with Crippen LogP contribution >= 0.6 is 11.6 Å². The average Bonchev–Trinajstić information content (AvgIpc) is 2.61. The second kappa shape index (κ2) is 8.93. The maximum Gasteiger partial charge on any atom is 0.307 e. The van der Waals surface area contributed by atoms with Crippen molar-refractivity contribution in [3.63, 3.8) is 0 Å². The highest BCUT2D eigenvalue weighted by Crippen LogP contribution is 2.12. The number of ketones is 1. The van der Waals surface area contributed by atoms with Gasteiger partial charge in [-0.2, -0.15) is 0 Å². The molecule has 0 unspecified atom stereocenters. The standard InChI is InChI=1S/C18H18ClNO5S/c1-13(21)15-3-2-4-17(11-15)26(23,24)20-10-9-18(22)25-12-14-5-7-16(19)8-6-14/h2-8,11,20H,9-10,12H2,1H3. The minimum atomic E-state index is -3.81. The van der Waals surface area contributed by atoms with Crippen LogP contribution in [0, 0.1) is 0 Å². The number of hydrogen-bond acceptors (Lipinski definition) is 5. The fourth-order valence-electron chi connectivity index (χ4n) is 2.07. The van der Waals surface area contributed by atoms with E-state index in [1.807, 2.05) is 0 Å². The molecule has 0 aliphatic carbocycles. The summed E-state index contributed by atoms with van der Waals surface area (Å²) >= 11 is 5.77. The lowest BCUT2D eigenvalue weighted by Gasteiger charge is -2.08. The summed E-state index contributed by atoms with van der Waals surface area (Å²) in [6, 6.07) is 12.6. The van der Waals surface area contributed by atoms with Gasteiger partial charge in [0.25, 0.3) is 0 Å². The van der Waals surface area contributed by atoms with Crippen molar-refractivity contribution >= 4 is 33.4 Å². The Kier molecular flexibility index (Phi) is 6.90. The Hall–Kier alpha value is -2.22. The van der Waals surface area contributed by atoms with Crippen LogP contribution in [0.15, 0.2) is 53.4 Å². The number of esters is 1. The molecule has 2 aromatic carbocycles. The normalized spacial score (nSPS) is 11.2. The maximum absolute atomic E-state index is 12.2. The first-order valence-corrected chi connectivity index (χ1v) is 9.65. The number of nitrogens with one attached hydrogen (secondary N) is 1. The van der Waals surface area contributed by atoms with Gasteiger partial charge in [-0.25, -0.2) is 13.1 Å². The maximum atomic E-state index is 12.2. The Morgan fingerprint density at radius 2 is 1.81 bits per heavy atom. The Morgan fingerprint density at radius 3 is 2.46 bits per heavy atom. The number of sulfonamides is 1. The first-order chi connectivity index (χ1) is 12.3. The van der Waals surface area contributed by atoms with Crippen LogP contribution in [0.1, 0.15) is 29.3 Å². The lowest BCUT2D eigenvalue weighted by molar-refractivity contribution is -0.144. The van der Waals surface area contributed by atoms with E-state index in [1.54, 1.807) is 24.3 Å². The minimum absolute atomic E-state index is 0.0280. The smallest absolute Gasteiger partial charge is 0.307 e. The fraction of sp³-hybridized carbons (Fsp3) is 0.222. The molecule has 1 N–H and O–H groups in total. The molecule has 6 nitrogen and oxygen atoms in total. The van der Waals surface area contributed by atoms with E-state index >= 15 is 0 Å². The minimum Gasteiger partial charge on any atom is -0.461 e. The number of rotatable bonds is 8. The van der Waals surface area contributed by atoms with Crippen molar-refractivity contribution in [2.75, 3.05) is 6.54 Å². The van der Waals surface area contributed by atoms with Crippen molar-refractivity contribution < 1.29 is 22.7 Å². The largest absolute Gasteiger partial charge is 0.461 e. The molecular weight excluding hydrogens is 378 g/mol.